The van der Waals surface area contributed by atoms with Crippen molar-refractivity contribution in [1.29, 1.82) is 0 Å². The second-order valence-electron chi connectivity index (χ2n) is 4.83. The number of hydrogen-bond donors (Lipinski definition) is 1. The number of anilines is 1. The van der Waals surface area contributed by atoms with Crippen molar-refractivity contribution in [2.24, 2.45) is 5.92 Å². The fourth-order valence-corrected chi connectivity index (χ4v) is 2.49. The van der Waals surface area contributed by atoms with Crippen molar-refractivity contribution >= 4 is 5.82 Å². The Morgan fingerprint density at radius 1 is 1.35 bits per heavy atom. The molecule has 1 aromatic rings. The van der Waals surface area contributed by atoms with E-state index in [9.17, 15) is 0 Å². The molecule has 0 amide bonds. The second kappa shape index (κ2) is 6.60. The Morgan fingerprint density at radius 2 is 2.18 bits per heavy atom. The largest absolute Gasteiger partial charge is 0.356 e. The standard InChI is InChI=1S/C14H23N3/c1-2-11-17(14-5-3-4-8-16-14)12-13-6-9-15-10-7-13/h3-5,8,13,15H,2,6-7,9-12H2,1H3. The summed E-state index contributed by atoms with van der Waals surface area (Å²) in [7, 11) is 0. The van der Waals surface area contributed by atoms with Gasteiger partial charge in [0.15, 0.2) is 0 Å². The van der Waals surface area contributed by atoms with Crippen LogP contribution in [0.2, 0.25) is 0 Å². The van der Waals surface area contributed by atoms with E-state index in [4.69, 9.17) is 0 Å². The van der Waals surface area contributed by atoms with Crippen LogP contribution in [0.25, 0.3) is 0 Å². The van der Waals surface area contributed by atoms with Gasteiger partial charge in [0.1, 0.15) is 5.82 Å². The molecule has 2 rings (SSSR count). The van der Waals surface area contributed by atoms with E-state index < -0.39 is 0 Å². The van der Waals surface area contributed by atoms with E-state index in [1.54, 1.807) is 0 Å². The Hall–Kier alpha value is -1.09. The van der Waals surface area contributed by atoms with E-state index in [1.165, 1.54) is 32.4 Å². The Kier molecular flexibility index (Phi) is 4.80. The zero-order valence-corrected chi connectivity index (χ0v) is 10.7. The third-order valence-corrected chi connectivity index (χ3v) is 3.40. The molecule has 1 aliphatic rings. The maximum absolute atomic E-state index is 4.47. The first-order chi connectivity index (χ1) is 8.40. The van der Waals surface area contributed by atoms with Crippen LogP contribution in [0.5, 0.6) is 0 Å². The molecule has 0 bridgehead atoms. The molecule has 0 spiro atoms. The molecular formula is C14H23N3. The van der Waals surface area contributed by atoms with Crippen molar-refractivity contribution < 1.29 is 0 Å². The van der Waals surface area contributed by atoms with Crippen LogP contribution in [0.15, 0.2) is 24.4 Å². The molecule has 1 N–H and O–H groups in total. The summed E-state index contributed by atoms with van der Waals surface area (Å²) < 4.78 is 0. The Bertz CT molecular complexity index is 307. The van der Waals surface area contributed by atoms with Gasteiger partial charge in [0.2, 0.25) is 0 Å². The van der Waals surface area contributed by atoms with Crippen LogP contribution in [0.3, 0.4) is 0 Å². The van der Waals surface area contributed by atoms with E-state index in [0.29, 0.717) is 0 Å². The first-order valence-electron chi connectivity index (χ1n) is 6.77. The van der Waals surface area contributed by atoms with Gasteiger partial charge in [-0.3, -0.25) is 0 Å². The minimum atomic E-state index is 0.824. The number of nitrogens with zero attached hydrogens (tertiary/aromatic N) is 2. The van der Waals surface area contributed by atoms with E-state index in [-0.39, 0.29) is 0 Å². The van der Waals surface area contributed by atoms with Crippen LogP contribution in [0, 0.1) is 5.92 Å². The lowest BCUT2D eigenvalue weighted by Crippen LogP contribution is -2.37. The van der Waals surface area contributed by atoms with Crippen molar-refractivity contribution in [1.82, 2.24) is 10.3 Å². The molecule has 1 aliphatic heterocycles. The summed E-state index contributed by atoms with van der Waals surface area (Å²) in [6.07, 6.45) is 5.67. The lowest BCUT2D eigenvalue weighted by Gasteiger charge is -2.30. The van der Waals surface area contributed by atoms with Gasteiger partial charge in [-0.25, -0.2) is 4.98 Å². The highest BCUT2D eigenvalue weighted by atomic mass is 15.2. The molecule has 0 saturated carbocycles. The lowest BCUT2D eigenvalue weighted by atomic mass is 9.97. The van der Waals surface area contributed by atoms with Gasteiger partial charge in [-0.2, -0.15) is 0 Å². The van der Waals surface area contributed by atoms with Crippen LogP contribution in [0.4, 0.5) is 5.82 Å². The number of pyridine rings is 1. The summed E-state index contributed by atoms with van der Waals surface area (Å²) in [5.41, 5.74) is 0. The summed E-state index contributed by atoms with van der Waals surface area (Å²) in [6, 6.07) is 6.18. The Balaban J connectivity index is 1.96. The smallest absolute Gasteiger partial charge is 0.128 e. The molecule has 1 fully saturated rings. The summed E-state index contributed by atoms with van der Waals surface area (Å²) in [4.78, 5) is 6.91. The summed E-state index contributed by atoms with van der Waals surface area (Å²) in [5, 5.41) is 3.43. The molecule has 0 unspecified atom stereocenters. The number of piperidine rings is 1. The molecule has 94 valence electrons. The van der Waals surface area contributed by atoms with Gasteiger partial charge in [-0.05, 0) is 50.4 Å². The fraction of sp³-hybridized carbons (Fsp3) is 0.643. The number of rotatable bonds is 5. The minimum Gasteiger partial charge on any atom is -0.356 e. The van der Waals surface area contributed by atoms with Crippen LogP contribution in [-0.2, 0) is 0 Å². The Labute approximate surface area is 104 Å². The average Bonchev–Trinajstić information content (AvgIpc) is 2.40. The molecule has 3 nitrogen and oxygen atoms in total. The summed E-state index contributed by atoms with van der Waals surface area (Å²) in [6.45, 7) is 6.85. The fourth-order valence-electron chi connectivity index (χ4n) is 2.49. The van der Waals surface area contributed by atoms with Gasteiger partial charge < -0.3 is 10.2 Å². The monoisotopic (exact) mass is 233 g/mol. The predicted octanol–water partition coefficient (Wildman–Crippen LogP) is 2.30. The summed E-state index contributed by atoms with van der Waals surface area (Å²) in [5.74, 6) is 1.96. The zero-order chi connectivity index (χ0) is 11.9. The van der Waals surface area contributed by atoms with Gasteiger partial charge >= 0.3 is 0 Å². The number of nitrogens with one attached hydrogen (secondary N) is 1. The molecule has 0 aromatic carbocycles. The topological polar surface area (TPSA) is 28.2 Å². The van der Waals surface area contributed by atoms with Crippen LogP contribution < -0.4 is 10.2 Å². The highest BCUT2D eigenvalue weighted by Gasteiger charge is 2.17. The van der Waals surface area contributed by atoms with Gasteiger partial charge in [-0.15, -0.1) is 0 Å². The number of aromatic nitrogens is 1. The Morgan fingerprint density at radius 3 is 2.82 bits per heavy atom. The van der Waals surface area contributed by atoms with Crippen molar-refractivity contribution in [3.63, 3.8) is 0 Å². The first kappa shape index (κ1) is 12.4. The predicted molar refractivity (Wildman–Crippen MR) is 72.3 cm³/mol. The van der Waals surface area contributed by atoms with Crippen molar-refractivity contribution in [3.05, 3.63) is 24.4 Å². The van der Waals surface area contributed by atoms with E-state index in [0.717, 1.165) is 24.8 Å². The minimum absolute atomic E-state index is 0.824. The molecule has 2 heterocycles. The van der Waals surface area contributed by atoms with Crippen LogP contribution in [-0.4, -0.2) is 31.2 Å². The molecule has 3 heteroatoms. The SMILES string of the molecule is CCCN(CC1CCNCC1)c1ccccn1. The third-order valence-electron chi connectivity index (χ3n) is 3.40. The van der Waals surface area contributed by atoms with E-state index in [1.807, 2.05) is 12.3 Å². The molecular weight excluding hydrogens is 210 g/mol. The average molecular weight is 233 g/mol. The van der Waals surface area contributed by atoms with Crippen molar-refractivity contribution in [2.45, 2.75) is 26.2 Å². The lowest BCUT2D eigenvalue weighted by molar-refractivity contribution is 0.372. The van der Waals surface area contributed by atoms with Gasteiger partial charge in [-0.1, -0.05) is 13.0 Å². The van der Waals surface area contributed by atoms with Crippen molar-refractivity contribution in [3.8, 4) is 0 Å². The zero-order valence-electron chi connectivity index (χ0n) is 10.7. The molecule has 1 aromatic heterocycles. The maximum Gasteiger partial charge on any atom is 0.128 e. The van der Waals surface area contributed by atoms with Gasteiger partial charge in [0, 0.05) is 19.3 Å². The summed E-state index contributed by atoms with van der Waals surface area (Å²) >= 11 is 0. The van der Waals surface area contributed by atoms with Crippen molar-refractivity contribution in [2.75, 3.05) is 31.1 Å². The molecule has 0 atom stereocenters. The highest BCUT2D eigenvalue weighted by Crippen LogP contribution is 2.18. The molecule has 17 heavy (non-hydrogen) atoms. The second-order valence-corrected chi connectivity index (χ2v) is 4.83. The van der Waals surface area contributed by atoms with Crippen LogP contribution in [0.1, 0.15) is 26.2 Å². The number of hydrogen-bond acceptors (Lipinski definition) is 3. The van der Waals surface area contributed by atoms with Gasteiger partial charge in [0.25, 0.3) is 0 Å². The molecule has 1 saturated heterocycles. The first-order valence-corrected chi connectivity index (χ1v) is 6.77. The third kappa shape index (κ3) is 3.70. The van der Waals surface area contributed by atoms with E-state index in [2.05, 4.69) is 34.3 Å². The normalized spacial score (nSPS) is 17.0. The molecule has 0 radical (unpaired) electrons. The highest BCUT2D eigenvalue weighted by molar-refractivity contribution is 5.37. The van der Waals surface area contributed by atoms with Crippen LogP contribution >= 0.6 is 0 Å². The molecule has 0 aliphatic carbocycles. The maximum atomic E-state index is 4.47. The van der Waals surface area contributed by atoms with E-state index >= 15 is 0 Å². The van der Waals surface area contributed by atoms with Gasteiger partial charge in [0.05, 0.1) is 0 Å². The quantitative estimate of drug-likeness (QED) is 0.846.